The van der Waals surface area contributed by atoms with E-state index in [0.29, 0.717) is 24.7 Å². The van der Waals surface area contributed by atoms with Gasteiger partial charge in [-0.3, -0.25) is 9.59 Å². The molecule has 0 saturated carbocycles. The van der Waals surface area contributed by atoms with Crippen LogP contribution in [-0.4, -0.2) is 35.0 Å². The first-order valence-electron chi connectivity index (χ1n) is 5.37. The number of hydrogen-bond acceptors (Lipinski definition) is 5. The fourth-order valence-corrected chi connectivity index (χ4v) is 2.14. The monoisotopic (exact) mass is 274 g/mol. The second kappa shape index (κ2) is 12.0. The molecule has 0 spiro atoms. The Hall–Kier alpha value is -0.520. The number of rotatable bonds is 8. The average molecular weight is 274 g/mol. The maximum Gasteiger partial charge on any atom is 0.211 e. The highest BCUT2D eigenvalue weighted by molar-refractivity contribution is 8.14. The van der Waals surface area contributed by atoms with Gasteiger partial charge in [0.15, 0.2) is 0 Å². The molecule has 0 radical (unpaired) electrons. The highest BCUT2D eigenvalue weighted by atomic mass is 32.2. The zero-order valence-electron chi connectivity index (χ0n) is 10.2. The minimum Gasteiger partial charge on any atom is -0.380 e. The van der Waals surface area contributed by atoms with Gasteiger partial charge in [-0.1, -0.05) is 35.7 Å². The molecule has 0 aliphatic rings. The van der Waals surface area contributed by atoms with E-state index in [-0.39, 0.29) is 10.2 Å². The van der Waals surface area contributed by atoms with Crippen LogP contribution in [0.4, 0.5) is 0 Å². The summed E-state index contributed by atoms with van der Waals surface area (Å²) < 4.78 is 5.30. The van der Waals surface area contributed by atoms with Crippen LogP contribution in [0.25, 0.3) is 0 Å². The van der Waals surface area contributed by atoms with E-state index < -0.39 is 0 Å². The summed E-state index contributed by atoms with van der Waals surface area (Å²) in [6, 6.07) is 0. The molecule has 0 aromatic rings. The summed E-state index contributed by atoms with van der Waals surface area (Å²) in [5.41, 5.74) is 0. The Bertz CT molecular complexity index is 257. The van der Waals surface area contributed by atoms with Crippen LogP contribution in [0.1, 0.15) is 13.8 Å². The maximum atomic E-state index is 11.1. The molecule has 0 rings (SSSR count). The second-order valence-corrected chi connectivity index (χ2v) is 5.15. The molecule has 0 bridgehead atoms. The number of allylic oxidation sites excluding steroid dienone is 2. The summed E-state index contributed by atoms with van der Waals surface area (Å²) in [6.07, 6.45) is 6.52. The van der Waals surface area contributed by atoms with Gasteiger partial charge in [0, 0.05) is 11.5 Å². The molecule has 0 atom stereocenters. The van der Waals surface area contributed by atoms with E-state index in [1.807, 2.05) is 13.8 Å². The lowest BCUT2D eigenvalue weighted by Gasteiger charge is -2.01. The summed E-state index contributed by atoms with van der Waals surface area (Å²) in [4.78, 5) is 22.1. The molecule has 0 aromatic carbocycles. The van der Waals surface area contributed by atoms with E-state index in [1.54, 1.807) is 12.2 Å². The van der Waals surface area contributed by atoms with Gasteiger partial charge in [-0.05, 0) is 26.0 Å². The van der Waals surface area contributed by atoms with Crippen LogP contribution in [0.2, 0.25) is 0 Å². The zero-order valence-corrected chi connectivity index (χ0v) is 11.8. The highest BCUT2D eigenvalue weighted by Crippen LogP contribution is 2.05. The largest absolute Gasteiger partial charge is 0.380 e. The molecule has 0 unspecified atom stereocenters. The van der Waals surface area contributed by atoms with Crippen molar-refractivity contribution in [3.8, 4) is 0 Å². The van der Waals surface area contributed by atoms with Crippen molar-refractivity contribution in [3.63, 3.8) is 0 Å². The van der Waals surface area contributed by atoms with E-state index in [0.717, 1.165) is 0 Å². The lowest BCUT2D eigenvalue weighted by atomic mass is 10.6. The Morgan fingerprint density at radius 2 is 1.35 bits per heavy atom. The van der Waals surface area contributed by atoms with Crippen LogP contribution in [0.15, 0.2) is 24.3 Å². The summed E-state index contributed by atoms with van der Waals surface area (Å²) in [7, 11) is 0. The van der Waals surface area contributed by atoms with Gasteiger partial charge in [0.25, 0.3) is 0 Å². The molecule has 3 nitrogen and oxygen atoms in total. The van der Waals surface area contributed by atoms with Gasteiger partial charge in [-0.2, -0.15) is 0 Å². The Balaban J connectivity index is 3.30. The first kappa shape index (κ1) is 16.5. The van der Waals surface area contributed by atoms with E-state index in [2.05, 4.69) is 0 Å². The number of hydrogen-bond donors (Lipinski definition) is 0. The summed E-state index contributed by atoms with van der Waals surface area (Å²) in [5.74, 6) is 1.30. The number of carbonyl (C=O) groups is 2. The third-order valence-corrected chi connectivity index (χ3v) is 3.13. The van der Waals surface area contributed by atoms with E-state index in [9.17, 15) is 9.59 Å². The Morgan fingerprint density at radius 3 is 1.71 bits per heavy atom. The molecule has 0 aliphatic carbocycles. The van der Waals surface area contributed by atoms with Gasteiger partial charge in [0.2, 0.25) is 10.2 Å². The summed E-state index contributed by atoms with van der Waals surface area (Å²) >= 11 is 2.48. The van der Waals surface area contributed by atoms with E-state index >= 15 is 0 Å². The van der Waals surface area contributed by atoms with Crippen molar-refractivity contribution in [2.45, 2.75) is 13.8 Å². The maximum absolute atomic E-state index is 11.1. The molecule has 0 fully saturated rings. The first-order chi connectivity index (χ1) is 8.20. The lowest BCUT2D eigenvalue weighted by molar-refractivity contribution is -0.107. The quantitative estimate of drug-likeness (QED) is 0.503. The normalized spacial score (nSPS) is 11.4. The van der Waals surface area contributed by atoms with Crippen molar-refractivity contribution < 1.29 is 14.3 Å². The molecule has 0 aromatic heterocycles. The van der Waals surface area contributed by atoms with Crippen molar-refractivity contribution >= 4 is 33.8 Å². The van der Waals surface area contributed by atoms with Gasteiger partial charge in [0.05, 0.1) is 13.2 Å². The summed E-state index contributed by atoms with van der Waals surface area (Å²) in [5, 5.41) is 0.0995. The molecule has 5 heteroatoms. The van der Waals surface area contributed by atoms with Crippen LogP contribution in [0.3, 0.4) is 0 Å². The Morgan fingerprint density at radius 1 is 0.941 bits per heavy atom. The molecular weight excluding hydrogens is 256 g/mol. The molecule has 17 heavy (non-hydrogen) atoms. The molecular formula is C12H18O3S2. The van der Waals surface area contributed by atoms with Crippen LogP contribution in [0.5, 0.6) is 0 Å². The molecule has 0 aliphatic heterocycles. The van der Waals surface area contributed by atoms with Crippen LogP contribution in [0, 0.1) is 0 Å². The number of ether oxygens (including phenoxy) is 1. The van der Waals surface area contributed by atoms with Gasteiger partial charge >= 0.3 is 0 Å². The zero-order chi connectivity index (χ0) is 12.9. The predicted octanol–water partition coefficient (Wildman–Crippen LogP) is 2.67. The van der Waals surface area contributed by atoms with E-state index in [1.165, 1.54) is 35.7 Å². The molecule has 96 valence electrons. The third-order valence-electron chi connectivity index (χ3n) is 1.55. The van der Waals surface area contributed by atoms with Gasteiger partial charge in [-0.15, -0.1) is 0 Å². The van der Waals surface area contributed by atoms with Gasteiger partial charge < -0.3 is 4.74 Å². The number of carbonyl (C=O) groups excluding carboxylic acids is 2. The standard InChI is InChI=1S/C12H18O3S2/c1-3-5-11(13)16-9-7-15-8-10-17-12(14)6-4-2/h3-6H,7-10H2,1-2H3. The van der Waals surface area contributed by atoms with Crippen molar-refractivity contribution in [2.75, 3.05) is 24.7 Å². The SMILES string of the molecule is CC=CC(=O)SCCOCCSC(=O)C=CC. The molecule has 0 N–H and O–H groups in total. The first-order valence-corrected chi connectivity index (χ1v) is 7.34. The van der Waals surface area contributed by atoms with Crippen LogP contribution in [-0.2, 0) is 14.3 Å². The molecule has 0 amide bonds. The van der Waals surface area contributed by atoms with Crippen LogP contribution >= 0.6 is 23.5 Å². The third kappa shape index (κ3) is 11.7. The number of thioether (sulfide) groups is 2. The van der Waals surface area contributed by atoms with E-state index in [4.69, 9.17) is 4.74 Å². The van der Waals surface area contributed by atoms with Crippen molar-refractivity contribution in [1.29, 1.82) is 0 Å². The minimum absolute atomic E-state index is 0.0498. The molecule has 0 heterocycles. The van der Waals surface area contributed by atoms with Gasteiger partial charge in [0.1, 0.15) is 0 Å². The Kier molecular flexibility index (Phi) is 11.6. The fourth-order valence-electron chi connectivity index (χ4n) is 0.873. The average Bonchev–Trinajstić information content (AvgIpc) is 2.28. The Labute approximate surface area is 111 Å². The van der Waals surface area contributed by atoms with Crippen molar-refractivity contribution in [1.82, 2.24) is 0 Å². The van der Waals surface area contributed by atoms with Crippen molar-refractivity contribution in [2.24, 2.45) is 0 Å². The van der Waals surface area contributed by atoms with Crippen molar-refractivity contribution in [3.05, 3.63) is 24.3 Å². The lowest BCUT2D eigenvalue weighted by Crippen LogP contribution is -2.03. The fraction of sp³-hybridized carbons (Fsp3) is 0.500. The molecule has 0 saturated heterocycles. The smallest absolute Gasteiger partial charge is 0.211 e. The second-order valence-electron chi connectivity index (χ2n) is 2.95. The van der Waals surface area contributed by atoms with Crippen LogP contribution < -0.4 is 0 Å². The minimum atomic E-state index is 0.0498. The highest BCUT2D eigenvalue weighted by Gasteiger charge is 1.98. The topological polar surface area (TPSA) is 43.4 Å². The van der Waals surface area contributed by atoms with Gasteiger partial charge in [-0.25, -0.2) is 0 Å². The predicted molar refractivity (Wildman–Crippen MR) is 75.4 cm³/mol. The summed E-state index contributed by atoms with van der Waals surface area (Å²) in [6.45, 7) is 4.69.